The fourth-order valence-electron chi connectivity index (χ4n) is 3.06. The fraction of sp³-hybridized carbons (Fsp3) is 0.333. The van der Waals surface area contributed by atoms with E-state index in [0.717, 1.165) is 18.1 Å². The van der Waals surface area contributed by atoms with Gasteiger partial charge < -0.3 is 5.32 Å². The second-order valence-electron chi connectivity index (χ2n) is 5.55. The minimum atomic E-state index is 0.659. The lowest BCUT2D eigenvalue weighted by molar-refractivity contribution is 0.507. The van der Waals surface area contributed by atoms with Crippen molar-refractivity contribution in [1.82, 2.24) is 5.32 Å². The van der Waals surface area contributed by atoms with Gasteiger partial charge in [0.25, 0.3) is 0 Å². The van der Waals surface area contributed by atoms with Gasteiger partial charge in [-0.3, -0.25) is 0 Å². The number of aryl methyl sites for hydroxylation is 1. The lowest BCUT2D eigenvalue weighted by atomic mass is 9.83. The lowest BCUT2D eigenvalue weighted by Gasteiger charge is -2.25. The topological polar surface area (TPSA) is 12.0 Å². The Kier molecular flexibility index (Phi) is 4.39. The van der Waals surface area contributed by atoms with Gasteiger partial charge in [0.1, 0.15) is 0 Å². The van der Waals surface area contributed by atoms with E-state index in [1.165, 1.54) is 30.4 Å². The molecule has 2 heteroatoms. The molecule has 1 unspecified atom stereocenters. The molecule has 1 aliphatic rings. The summed E-state index contributed by atoms with van der Waals surface area (Å²) in [5.41, 5.74) is 4.37. The first kappa shape index (κ1) is 13.7. The van der Waals surface area contributed by atoms with Crippen LogP contribution in [0.4, 0.5) is 0 Å². The van der Waals surface area contributed by atoms with Crippen LogP contribution in [0.5, 0.6) is 0 Å². The molecular weight excluding hydrogens is 266 g/mol. The van der Waals surface area contributed by atoms with E-state index < -0.39 is 0 Å². The van der Waals surface area contributed by atoms with Crippen molar-refractivity contribution < 1.29 is 0 Å². The first-order valence-electron chi connectivity index (χ1n) is 7.36. The van der Waals surface area contributed by atoms with Crippen LogP contribution in [0.2, 0.25) is 5.02 Å². The molecule has 2 aromatic carbocycles. The summed E-state index contributed by atoms with van der Waals surface area (Å²) in [5.74, 6) is 0.659. The van der Waals surface area contributed by atoms with E-state index in [-0.39, 0.29) is 0 Å². The summed E-state index contributed by atoms with van der Waals surface area (Å²) >= 11 is 5.90. The van der Waals surface area contributed by atoms with E-state index >= 15 is 0 Å². The number of benzene rings is 2. The maximum Gasteiger partial charge on any atom is 0.0406 e. The highest BCUT2D eigenvalue weighted by atomic mass is 35.5. The second-order valence-corrected chi connectivity index (χ2v) is 5.98. The SMILES string of the molecule is Clc1ccc(CNCC2CCCc3ccccc32)cc1. The van der Waals surface area contributed by atoms with Crippen molar-refractivity contribution in [1.29, 1.82) is 0 Å². The van der Waals surface area contributed by atoms with Crippen LogP contribution in [0.25, 0.3) is 0 Å². The van der Waals surface area contributed by atoms with Crippen molar-refractivity contribution in [3.63, 3.8) is 0 Å². The molecule has 104 valence electrons. The molecule has 0 spiro atoms. The van der Waals surface area contributed by atoms with E-state index in [9.17, 15) is 0 Å². The Morgan fingerprint density at radius 2 is 1.85 bits per heavy atom. The Morgan fingerprint density at radius 3 is 2.70 bits per heavy atom. The fourth-order valence-corrected chi connectivity index (χ4v) is 3.19. The number of fused-ring (bicyclic) bond motifs is 1. The van der Waals surface area contributed by atoms with E-state index in [1.54, 1.807) is 5.56 Å². The van der Waals surface area contributed by atoms with Gasteiger partial charge in [-0.2, -0.15) is 0 Å². The van der Waals surface area contributed by atoms with Crippen LogP contribution in [0, 0.1) is 0 Å². The van der Waals surface area contributed by atoms with E-state index in [4.69, 9.17) is 11.6 Å². The molecule has 0 aliphatic heterocycles. The van der Waals surface area contributed by atoms with E-state index in [0.29, 0.717) is 5.92 Å². The van der Waals surface area contributed by atoms with Crippen LogP contribution in [-0.4, -0.2) is 6.54 Å². The molecule has 0 amide bonds. The first-order valence-corrected chi connectivity index (χ1v) is 7.74. The number of rotatable bonds is 4. The summed E-state index contributed by atoms with van der Waals surface area (Å²) in [4.78, 5) is 0. The van der Waals surface area contributed by atoms with Crippen LogP contribution >= 0.6 is 11.6 Å². The summed E-state index contributed by atoms with van der Waals surface area (Å²) in [6, 6.07) is 17.0. The maximum atomic E-state index is 5.90. The molecule has 0 radical (unpaired) electrons. The van der Waals surface area contributed by atoms with Gasteiger partial charge in [0.15, 0.2) is 0 Å². The highest BCUT2D eigenvalue weighted by molar-refractivity contribution is 6.30. The van der Waals surface area contributed by atoms with Gasteiger partial charge in [-0.25, -0.2) is 0 Å². The predicted octanol–water partition coefficient (Wildman–Crippen LogP) is 4.55. The average molecular weight is 286 g/mol. The van der Waals surface area contributed by atoms with Gasteiger partial charge in [-0.1, -0.05) is 48.0 Å². The molecule has 0 fully saturated rings. The van der Waals surface area contributed by atoms with Crippen LogP contribution in [0.15, 0.2) is 48.5 Å². The number of nitrogens with one attached hydrogen (secondary N) is 1. The lowest BCUT2D eigenvalue weighted by Crippen LogP contribution is -2.24. The third-order valence-corrected chi connectivity index (χ3v) is 4.38. The van der Waals surface area contributed by atoms with Gasteiger partial charge in [-0.15, -0.1) is 0 Å². The van der Waals surface area contributed by atoms with Gasteiger partial charge in [0, 0.05) is 18.1 Å². The van der Waals surface area contributed by atoms with E-state index in [1.807, 2.05) is 12.1 Å². The molecule has 0 saturated heterocycles. The molecule has 0 aromatic heterocycles. The van der Waals surface area contributed by atoms with Crippen molar-refractivity contribution in [3.05, 3.63) is 70.2 Å². The molecule has 1 aliphatic carbocycles. The summed E-state index contributed by atoms with van der Waals surface area (Å²) in [6.07, 6.45) is 3.85. The highest BCUT2D eigenvalue weighted by Gasteiger charge is 2.18. The number of halogens is 1. The smallest absolute Gasteiger partial charge is 0.0406 e. The van der Waals surface area contributed by atoms with Crippen LogP contribution in [0.3, 0.4) is 0 Å². The van der Waals surface area contributed by atoms with Crippen molar-refractivity contribution in [2.45, 2.75) is 31.7 Å². The Bertz CT molecular complexity index is 562. The van der Waals surface area contributed by atoms with Crippen molar-refractivity contribution in [2.75, 3.05) is 6.54 Å². The highest BCUT2D eigenvalue weighted by Crippen LogP contribution is 2.30. The quantitative estimate of drug-likeness (QED) is 0.869. The molecule has 1 nitrogen and oxygen atoms in total. The Hall–Kier alpha value is -1.31. The van der Waals surface area contributed by atoms with Gasteiger partial charge >= 0.3 is 0 Å². The molecule has 0 bridgehead atoms. The Morgan fingerprint density at radius 1 is 1.05 bits per heavy atom. The van der Waals surface area contributed by atoms with Gasteiger partial charge in [0.05, 0.1) is 0 Å². The predicted molar refractivity (Wildman–Crippen MR) is 85.3 cm³/mol. The van der Waals surface area contributed by atoms with Crippen molar-refractivity contribution in [3.8, 4) is 0 Å². The zero-order valence-corrected chi connectivity index (χ0v) is 12.4. The zero-order valence-electron chi connectivity index (χ0n) is 11.6. The Balaban J connectivity index is 1.58. The summed E-state index contributed by atoms with van der Waals surface area (Å²) in [6.45, 7) is 1.97. The number of hydrogen-bond donors (Lipinski definition) is 1. The molecule has 2 aromatic rings. The van der Waals surface area contributed by atoms with Crippen LogP contribution < -0.4 is 5.32 Å². The molecule has 0 saturated carbocycles. The maximum absolute atomic E-state index is 5.90. The van der Waals surface area contributed by atoms with Crippen molar-refractivity contribution in [2.24, 2.45) is 0 Å². The Labute approximate surface area is 126 Å². The summed E-state index contributed by atoms with van der Waals surface area (Å²) < 4.78 is 0. The normalized spacial score (nSPS) is 17.8. The van der Waals surface area contributed by atoms with Crippen LogP contribution in [0.1, 0.15) is 35.4 Å². The average Bonchev–Trinajstić information content (AvgIpc) is 2.49. The standard InChI is InChI=1S/C18H20ClN/c19-17-10-8-14(9-11-17)12-20-13-16-6-3-5-15-4-1-2-7-18(15)16/h1-2,4,7-11,16,20H,3,5-6,12-13H2. The third-order valence-electron chi connectivity index (χ3n) is 4.13. The summed E-state index contributed by atoms with van der Waals surface area (Å²) in [7, 11) is 0. The van der Waals surface area contributed by atoms with E-state index in [2.05, 4.69) is 41.7 Å². The molecule has 1 atom stereocenters. The zero-order chi connectivity index (χ0) is 13.8. The number of hydrogen-bond acceptors (Lipinski definition) is 1. The molecular formula is C18H20ClN. The van der Waals surface area contributed by atoms with Crippen molar-refractivity contribution >= 4 is 11.6 Å². The van der Waals surface area contributed by atoms with Crippen LogP contribution in [-0.2, 0) is 13.0 Å². The second kappa shape index (κ2) is 6.43. The monoisotopic (exact) mass is 285 g/mol. The minimum Gasteiger partial charge on any atom is -0.312 e. The molecule has 3 rings (SSSR count). The first-order chi connectivity index (χ1) is 9.83. The summed E-state index contributed by atoms with van der Waals surface area (Å²) in [5, 5.41) is 4.39. The third kappa shape index (κ3) is 3.23. The van der Waals surface area contributed by atoms with Gasteiger partial charge in [-0.05, 0) is 54.0 Å². The molecule has 20 heavy (non-hydrogen) atoms. The molecule has 0 heterocycles. The molecule has 1 N–H and O–H groups in total. The largest absolute Gasteiger partial charge is 0.312 e. The minimum absolute atomic E-state index is 0.659. The van der Waals surface area contributed by atoms with Gasteiger partial charge in [0.2, 0.25) is 0 Å².